The number of nitrogens with one attached hydrogen (secondary N) is 1. The Morgan fingerprint density at radius 2 is 2.10 bits per heavy atom. The van der Waals surface area contributed by atoms with E-state index in [4.69, 9.17) is 22.1 Å². The maximum atomic E-state index is 6.05. The van der Waals surface area contributed by atoms with Crippen molar-refractivity contribution < 1.29 is 4.74 Å². The summed E-state index contributed by atoms with van der Waals surface area (Å²) in [5.41, 5.74) is 8.97. The van der Waals surface area contributed by atoms with Crippen molar-refractivity contribution in [1.29, 1.82) is 0 Å². The first-order chi connectivity index (χ1) is 9.58. The molecule has 0 radical (unpaired) electrons. The van der Waals surface area contributed by atoms with Crippen LogP contribution in [0.15, 0.2) is 34.8 Å². The molecule has 0 bridgehead atoms. The van der Waals surface area contributed by atoms with Crippen molar-refractivity contribution in [3.63, 3.8) is 0 Å². The lowest BCUT2D eigenvalue weighted by atomic mass is 10.2. The lowest BCUT2D eigenvalue weighted by Crippen LogP contribution is -1.89. The van der Waals surface area contributed by atoms with Gasteiger partial charge in [-0.25, -0.2) is 4.98 Å². The number of H-pyrrole nitrogens is 1. The predicted octanol–water partition coefficient (Wildman–Crippen LogP) is 4.24. The topological polar surface area (TPSA) is 63.9 Å². The number of methoxy groups -OCH3 is 1. The third-order valence-electron chi connectivity index (χ3n) is 3.00. The van der Waals surface area contributed by atoms with Crippen LogP contribution in [0.3, 0.4) is 0 Å². The number of nitrogen functional groups attached to an aromatic ring is 1. The van der Waals surface area contributed by atoms with Gasteiger partial charge in [0.2, 0.25) is 0 Å². The summed E-state index contributed by atoms with van der Waals surface area (Å²) in [5.74, 6) is 1.37. The first kappa shape index (κ1) is 13.3. The summed E-state index contributed by atoms with van der Waals surface area (Å²) in [5, 5.41) is 0.621. The first-order valence-electron chi connectivity index (χ1n) is 5.87. The van der Waals surface area contributed by atoms with Crippen molar-refractivity contribution in [2.24, 2.45) is 0 Å². The summed E-state index contributed by atoms with van der Waals surface area (Å²) < 4.78 is 6.24. The molecule has 0 aliphatic rings. The van der Waals surface area contributed by atoms with Crippen LogP contribution in [-0.2, 0) is 0 Å². The number of benzene rings is 2. The van der Waals surface area contributed by atoms with Crippen molar-refractivity contribution in [2.45, 2.75) is 0 Å². The second-order valence-electron chi connectivity index (χ2n) is 4.32. The Bertz CT molecular complexity index is 800. The molecule has 0 amide bonds. The van der Waals surface area contributed by atoms with E-state index in [1.807, 2.05) is 24.3 Å². The highest BCUT2D eigenvalue weighted by atomic mass is 79.9. The molecule has 1 aromatic heterocycles. The standard InChI is InChI=1S/C14H11BrClN3O/c1-20-12-3-2-8(16)6-9(12)14-18-11-5-7(15)4-10(17)13(11)19-14/h2-6H,17H2,1H3,(H,18,19). The van der Waals surface area contributed by atoms with E-state index < -0.39 is 0 Å². The molecular weight excluding hydrogens is 342 g/mol. The number of anilines is 1. The van der Waals surface area contributed by atoms with E-state index in [0.29, 0.717) is 22.3 Å². The van der Waals surface area contributed by atoms with Crippen molar-refractivity contribution in [3.05, 3.63) is 39.8 Å². The molecule has 0 unspecified atom stereocenters. The van der Waals surface area contributed by atoms with Crippen LogP contribution in [0.25, 0.3) is 22.4 Å². The van der Waals surface area contributed by atoms with Crippen LogP contribution in [0, 0.1) is 0 Å². The zero-order valence-electron chi connectivity index (χ0n) is 10.6. The van der Waals surface area contributed by atoms with Crippen LogP contribution in [0.4, 0.5) is 5.69 Å². The maximum absolute atomic E-state index is 6.05. The minimum Gasteiger partial charge on any atom is -0.496 e. The average Bonchev–Trinajstić information content (AvgIpc) is 2.82. The normalized spacial score (nSPS) is 10.9. The maximum Gasteiger partial charge on any atom is 0.142 e. The molecule has 3 N–H and O–H groups in total. The van der Waals surface area contributed by atoms with Gasteiger partial charge in [-0.2, -0.15) is 0 Å². The Morgan fingerprint density at radius 3 is 2.85 bits per heavy atom. The third-order valence-corrected chi connectivity index (χ3v) is 3.69. The average molecular weight is 353 g/mol. The van der Waals surface area contributed by atoms with Gasteiger partial charge in [0.15, 0.2) is 0 Å². The Labute approximate surface area is 129 Å². The molecule has 0 fully saturated rings. The number of nitrogens with zero attached hydrogens (tertiary/aromatic N) is 1. The minimum atomic E-state index is 0.609. The van der Waals surface area contributed by atoms with Gasteiger partial charge in [-0.05, 0) is 30.3 Å². The number of aromatic amines is 1. The van der Waals surface area contributed by atoms with Gasteiger partial charge >= 0.3 is 0 Å². The molecule has 0 spiro atoms. The zero-order valence-corrected chi connectivity index (χ0v) is 12.9. The predicted molar refractivity (Wildman–Crippen MR) is 85.2 cm³/mol. The second-order valence-corrected chi connectivity index (χ2v) is 5.67. The molecule has 20 heavy (non-hydrogen) atoms. The molecule has 1 heterocycles. The number of hydrogen-bond acceptors (Lipinski definition) is 3. The highest BCUT2D eigenvalue weighted by Gasteiger charge is 2.13. The molecule has 0 saturated carbocycles. The summed E-state index contributed by atoms with van der Waals surface area (Å²) >= 11 is 9.46. The van der Waals surface area contributed by atoms with Crippen molar-refractivity contribution in [2.75, 3.05) is 12.8 Å². The SMILES string of the molecule is COc1ccc(Cl)cc1-c1nc2c(N)cc(Br)cc2[nH]1. The van der Waals surface area contributed by atoms with Crippen LogP contribution in [0.2, 0.25) is 5.02 Å². The molecule has 0 aliphatic heterocycles. The fourth-order valence-electron chi connectivity index (χ4n) is 2.10. The summed E-state index contributed by atoms with van der Waals surface area (Å²) in [4.78, 5) is 7.77. The van der Waals surface area contributed by atoms with Gasteiger partial charge in [0.25, 0.3) is 0 Å². The molecule has 2 aromatic carbocycles. The third kappa shape index (κ3) is 2.23. The quantitative estimate of drug-likeness (QED) is 0.678. The largest absolute Gasteiger partial charge is 0.496 e. The number of rotatable bonds is 2. The van der Waals surface area contributed by atoms with Gasteiger partial charge in [-0.1, -0.05) is 27.5 Å². The van der Waals surface area contributed by atoms with E-state index in [0.717, 1.165) is 21.1 Å². The molecule has 4 nitrogen and oxygen atoms in total. The van der Waals surface area contributed by atoms with Crippen molar-refractivity contribution >= 4 is 44.3 Å². The van der Waals surface area contributed by atoms with Crippen LogP contribution < -0.4 is 10.5 Å². The van der Waals surface area contributed by atoms with Gasteiger partial charge in [0.05, 0.1) is 23.9 Å². The highest BCUT2D eigenvalue weighted by molar-refractivity contribution is 9.10. The molecule has 3 rings (SSSR count). The highest BCUT2D eigenvalue weighted by Crippen LogP contribution is 2.33. The fraction of sp³-hybridized carbons (Fsp3) is 0.0714. The summed E-state index contributed by atoms with van der Waals surface area (Å²) in [6, 6.07) is 9.15. The number of aromatic nitrogens is 2. The number of ether oxygens (including phenoxy) is 1. The number of halogens is 2. The van der Waals surface area contributed by atoms with Crippen LogP contribution in [0.5, 0.6) is 5.75 Å². The molecule has 0 saturated heterocycles. The van der Waals surface area contributed by atoms with E-state index in [2.05, 4.69) is 25.9 Å². The minimum absolute atomic E-state index is 0.609. The summed E-state index contributed by atoms with van der Waals surface area (Å²) in [6.45, 7) is 0. The Morgan fingerprint density at radius 1 is 1.30 bits per heavy atom. The van der Waals surface area contributed by atoms with E-state index >= 15 is 0 Å². The van der Waals surface area contributed by atoms with E-state index in [1.54, 1.807) is 13.2 Å². The smallest absolute Gasteiger partial charge is 0.142 e. The molecule has 0 atom stereocenters. The molecule has 102 valence electrons. The van der Waals surface area contributed by atoms with Gasteiger partial charge in [0.1, 0.15) is 17.1 Å². The molecule has 3 aromatic rings. The van der Waals surface area contributed by atoms with Crippen LogP contribution in [0.1, 0.15) is 0 Å². The van der Waals surface area contributed by atoms with Gasteiger partial charge in [0, 0.05) is 9.50 Å². The summed E-state index contributed by atoms with van der Waals surface area (Å²) in [7, 11) is 1.61. The Balaban J connectivity index is 2.25. The lowest BCUT2D eigenvalue weighted by molar-refractivity contribution is 0.416. The number of nitrogens with two attached hydrogens (primary N) is 1. The monoisotopic (exact) mass is 351 g/mol. The zero-order chi connectivity index (χ0) is 14.3. The molecule has 0 aliphatic carbocycles. The number of fused-ring (bicyclic) bond motifs is 1. The Kier molecular flexibility index (Phi) is 3.31. The second kappa shape index (κ2) is 5.00. The fourth-order valence-corrected chi connectivity index (χ4v) is 2.75. The summed E-state index contributed by atoms with van der Waals surface area (Å²) in [6.07, 6.45) is 0. The number of imidazole rings is 1. The van der Waals surface area contributed by atoms with Crippen LogP contribution >= 0.6 is 27.5 Å². The first-order valence-corrected chi connectivity index (χ1v) is 7.04. The van der Waals surface area contributed by atoms with E-state index in [1.165, 1.54) is 0 Å². The molecule has 6 heteroatoms. The van der Waals surface area contributed by atoms with Crippen molar-refractivity contribution in [1.82, 2.24) is 9.97 Å². The molecular formula is C14H11BrClN3O. The van der Waals surface area contributed by atoms with E-state index in [9.17, 15) is 0 Å². The number of hydrogen-bond donors (Lipinski definition) is 2. The Hall–Kier alpha value is -1.72. The van der Waals surface area contributed by atoms with Crippen LogP contribution in [-0.4, -0.2) is 17.1 Å². The van der Waals surface area contributed by atoms with Gasteiger partial charge < -0.3 is 15.5 Å². The van der Waals surface area contributed by atoms with Gasteiger partial charge in [-0.3, -0.25) is 0 Å². The lowest BCUT2D eigenvalue weighted by Gasteiger charge is -2.06. The van der Waals surface area contributed by atoms with Crippen molar-refractivity contribution in [3.8, 4) is 17.1 Å². The van der Waals surface area contributed by atoms with Gasteiger partial charge in [-0.15, -0.1) is 0 Å². The van der Waals surface area contributed by atoms with E-state index in [-0.39, 0.29) is 0 Å².